The Morgan fingerprint density at radius 3 is 2.81 bits per heavy atom. The van der Waals surface area contributed by atoms with Gasteiger partial charge in [0.1, 0.15) is 0 Å². The fraction of sp³-hybridized carbons (Fsp3) is 0.632. The van der Waals surface area contributed by atoms with Gasteiger partial charge in [0.25, 0.3) is 0 Å². The van der Waals surface area contributed by atoms with Crippen molar-refractivity contribution in [2.45, 2.75) is 58.0 Å². The fourth-order valence-electron chi connectivity index (χ4n) is 5.24. The molecule has 1 fully saturated rings. The Morgan fingerprint density at radius 2 is 2.00 bits per heavy atom. The summed E-state index contributed by atoms with van der Waals surface area (Å²) in [6.07, 6.45) is 12.2. The molecule has 112 valence electrons. The summed E-state index contributed by atoms with van der Waals surface area (Å²) in [7, 11) is 0. The van der Waals surface area contributed by atoms with Crippen LogP contribution >= 0.6 is 0 Å². The number of rotatable bonds is 0. The van der Waals surface area contributed by atoms with Crippen molar-refractivity contribution in [1.29, 1.82) is 0 Å². The Hall–Kier alpha value is -1.15. The first-order chi connectivity index (χ1) is 9.92. The number of hydrogen-bond donors (Lipinski definition) is 1. The molecule has 1 saturated carbocycles. The Labute approximate surface area is 126 Å². The van der Waals surface area contributed by atoms with Gasteiger partial charge >= 0.3 is 0 Å². The number of fused-ring (bicyclic) bond motifs is 4. The molecule has 0 radical (unpaired) electrons. The molecule has 2 nitrogen and oxygen atoms in total. The van der Waals surface area contributed by atoms with Crippen molar-refractivity contribution in [3.8, 4) is 0 Å². The van der Waals surface area contributed by atoms with Crippen LogP contribution in [-0.2, 0) is 4.79 Å². The second-order valence-corrected chi connectivity index (χ2v) is 7.75. The molecule has 4 atom stereocenters. The molecular weight excluding hydrogens is 260 g/mol. The monoisotopic (exact) mass is 284 g/mol. The van der Waals surface area contributed by atoms with Crippen molar-refractivity contribution in [3.63, 3.8) is 0 Å². The van der Waals surface area contributed by atoms with Crippen LogP contribution in [0.25, 0.3) is 0 Å². The minimum atomic E-state index is -0.580. The first-order valence-corrected chi connectivity index (χ1v) is 8.31. The van der Waals surface area contributed by atoms with Gasteiger partial charge in [-0.2, -0.15) is 0 Å². The fourth-order valence-corrected chi connectivity index (χ4v) is 5.24. The van der Waals surface area contributed by atoms with Crippen molar-refractivity contribution in [1.82, 2.24) is 0 Å². The van der Waals surface area contributed by atoms with Crippen LogP contribution in [0.2, 0.25) is 0 Å². The van der Waals surface area contributed by atoms with E-state index in [0.717, 1.165) is 32.1 Å². The summed E-state index contributed by atoms with van der Waals surface area (Å²) in [4.78, 5) is 11.6. The van der Waals surface area contributed by atoms with E-state index in [2.05, 4.69) is 19.1 Å². The maximum atomic E-state index is 11.6. The smallest absolute Gasteiger partial charge is 0.156 e. The van der Waals surface area contributed by atoms with Gasteiger partial charge in [0.15, 0.2) is 5.78 Å². The lowest BCUT2D eigenvalue weighted by atomic mass is 9.58. The number of carbonyl (C=O) groups excluding carboxylic acids is 1. The van der Waals surface area contributed by atoms with Crippen LogP contribution in [-0.4, -0.2) is 16.5 Å². The van der Waals surface area contributed by atoms with Crippen LogP contribution < -0.4 is 0 Å². The molecule has 0 aromatic heterocycles. The van der Waals surface area contributed by atoms with Gasteiger partial charge in [-0.05, 0) is 73.7 Å². The predicted octanol–water partition coefficient (Wildman–Crippen LogP) is 3.72. The van der Waals surface area contributed by atoms with Crippen LogP contribution in [0.4, 0.5) is 0 Å². The van der Waals surface area contributed by atoms with Gasteiger partial charge in [-0.3, -0.25) is 4.79 Å². The molecule has 0 unspecified atom stereocenters. The molecule has 0 bridgehead atoms. The van der Waals surface area contributed by atoms with Gasteiger partial charge in [-0.25, -0.2) is 0 Å². The van der Waals surface area contributed by atoms with E-state index in [1.807, 2.05) is 13.0 Å². The second kappa shape index (κ2) is 4.19. The molecule has 0 aliphatic heterocycles. The summed E-state index contributed by atoms with van der Waals surface area (Å²) in [5.41, 5.74) is 3.53. The van der Waals surface area contributed by atoms with Crippen molar-refractivity contribution < 1.29 is 9.90 Å². The lowest BCUT2D eigenvalue weighted by Gasteiger charge is -2.47. The maximum Gasteiger partial charge on any atom is 0.156 e. The summed E-state index contributed by atoms with van der Waals surface area (Å²) in [5.74, 6) is 1.43. The Balaban J connectivity index is 1.83. The minimum Gasteiger partial charge on any atom is -0.389 e. The van der Waals surface area contributed by atoms with E-state index in [0.29, 0.717) is 24.0 Å². The van der Waals surface area contributed by atoms with E-state index in [1.165, 1.54) is 16.7 Å². The van der Waals surface area contributed by atoms with Crippen molar-refractivity contribution in [3.05, 3.63) is 34.9 Å². The molecule has 0 aromatic carbocycles. The maximum absolute atomic E-state index is 11.6. The third-order valence-corrected chi connectivity index (χ3v) is 6.78. The standard InChI is InChI=1S/C19H24O2/c1-18-9-7-15-14-6-4-13(20)11-12(14)3-5-16(15)17(18)8-10-19(18,2)21/h7,9,11,16-17,21H,3-6,8,10H2,1-2H3/t16-,17+,18+,19-/m0/s1. The zero-order valence-electron chi connectivity index (χ0n) is 13.0. The molecule has 4 aliphatic carbocycles. The van der Waals surface area contributed by atoms with Gasteiger partial charge in [-0.15, -0.1) is 0 Å². The van der Waals surface area contributed by atoms with E-state index in [9.17, 15) is 9.90 Å². The first kappa shape index (κ1) is 13.5. The van der Waals surface area contributed by atoms with Crippen LogP contribution in [0.5, 0.6) is 0 Å². The van der Waals surface area contributed by atoms with E-state index >= 15 is 0 Å². The highest BCUT2D eigenvalue weighted by Crippen LogP contribution is 2.60. The highest BCUT2D eigenvalue weighted by atomic mass is 16.3. The van der Waals surface area contributed by atoms with Crippen LogP contribution in [0.1, 0.15) is 52.4 Å². The molecular formula is C19H24O2. The largest absolute Gasteiger partial charge is 0.389 e. The molecule has 0 spiro atoms. The predicted molar refractivity (Wildman–Crippen MR) is 82.7 cm³/mol. The van der Waals surface area contributed by atoms with Crippen LogP contribution in [0.3, 0.4) is 0 Å². The summed E-state index contributed by atoms with van der Waals surface area (Å²) < 4.78 is 0. The summed E-state index contributed by atoms with van der Waals surface area (Å²) in [6.45, 7) is 4.24. The Bertz CT molecular complexity index is 605. The number of carbonyl (C=O) groups is 1. The molecule has 0 amide bonds. The lowest BCUT2D eigenvalue weighted by Crippen LogP contribution is -2.45. The van der Waals surface area contributed by atoms with E-state index in [-0.39, 0.29) is 5.41 Å². The van der Waals surface area contributed by atoms with Crippen molar-refractivity contribution in [2.75, 3.05) is 0 Å². The molecule has 0 saturated heterocycles. The third-order valence-electron chi connectivity index (χ3n) is 6.78. The molecule has 2 heteroatoms. The van der Waals surface area contributed by atoms with Gasteiger partial charge in [0.2, 0.25) is 0 Å². The zero-order valence-corrected chi connectivity index (χ0v) is 13.0. The minimum absolute atomic E-state index is 0.0899. The Morgan fingerprint density at radius 1 is 1.19 bits per heavy atom. The first-order valence-electron chi connectivity index (χ1n) is 8.31. The number of ketones is 1. The van der Waals surface area contributed by atoms with E-state index in [1.54, 1.807) is 0 Å². The highest BCUT2D eigenvalue weighted by molar-refractivity contribution is 5.93. The molecule has 0 aromatic rings. The molecule has 0 heterocycles. The quantitative estimate of drug-likeness (QED) is 0.736. The topological polar surface area (TPSA) is 37.3 Å². The molecule has 4 aliphatic rings. The Kier molecular flexibility index (Phi) is 2.70. The molecule has 4 rings (SSSR count). The van der Waals surface area contributed by atoms with E-state index in [4.69, 9.17) is 0 Å². The highest BCUT2D eigenvalue weighted by Gasteiger charge is 2.56. The SMILES string of the molecule is C[C@]1(O)CC[C@@H]2[C@H]3CCC4=CC(=O)CCC4=C3C=C[C@]21C. The normalized spacial score (nSPS) is 45.1. The number of hydrogen-bond acceptors (Lipinski definition) is 2. The second-order valence-electron chi connectivity index (χ2n) is 7.75. The zero-order chi connectivity index (χ0) is 14.8. The summed E-state index contributed by atoms with van der Waals surface area (Å²) in [6, 6.07) is 0. The van der Waals surface area contributed by atoms with Gasteiger partial charge in [0, 0.05) is 11.8 Å². The molecule has 1 N–H and O–H groups in total. The lowest BCUT2D eigenvalue weighted by molar-refractivity contribution is -0.114. The number of aliphatic hydroxyl groups is 1. The average molecular weight is 284 g/mol. The van der Waals surface area contributed by atoms with Crippen LogP contribution in [0.15, 0.2) is 34.9 Å². The van der Waals surface area contributed by atoms with Gasteiger partial charge < -0.3 is 5.11 Å². The number of allylic oxidation sites excluding steroid dienone is 5. The summed E-state index contributed by atoms with van der Waals surface area (Å²) in [5, 5.41) is 10.8. The van der Waals surface area contributed by atoms with Crippen LogP contribution in [0, 0.1) is 17.3 Å². The molecule has 21 heavy (non-hydrogen) atoms. The van der Waals surface area contributed by atoms with E-state index < -0.39 is 5.60 Å². The average Bonchev–Trinajstić information content (AvgIpc) is 2.69. The van der Waals surface area contributed by atoms with Gasteiger partial charge in [0.05, 0.1) is 5.60 Å². The van der Waals surface area contributed by atoms with Crippen molar-refractivity contribution >= 4 is 5.78 Å². The third kappa shape index (κ3) is 1.72. The van der Waals surface area contributed by atoms with Gasteiger partial charge in [-0.1, -0.05) is 19.1 Å². The van der Waals surface area contributed by atoms with Crippen molar-refractivity contribution in [2.24, 2.45) is 17.3 Å². The summed E-state index contributed by atoms with van der Waals surface area (Å²) >= 11 is 0.